The molecule has 13 heteroatoms. The number of carboxylic acids is 1. The van der Waals surface area contributed by atoms with Crippen LogP contribution in [-0.4, -0.2) is 99.3 Å². The Bertz CT molecular complexity index is 523. The minimum Gasteiger partial charge on any atom is -0.547 e. The van der Waals surface area contributed by atoms with E-state index in [1.807, 2.05) is 0 Å². The molecule has 2 saturated heterocycles. The molecule has 0 radical (unpaired) electrons. The van der Waals surface area contributed by atoms with E-state index in [1.165, 1.54) is 6.92 Å². The maximum Gasteiger partial charge on any atom is 1.00 e. The van der Waals surface area contributed by atoms with Crippen LogP contribution in [0.1, 0.15) is 13.3 Å². The first-order chi connectivity index (χ1) is 12.1. The Morgan fingerprint density at radius 3 is 2.33 bits per heavy atom. The number of hydrogen-bond acceptors (Lipinski definition) is 11. The molecule has 0 saturated carbocycles. The zero-order valence-corrected chi connectivity index (χ0v) is 16.8. The number of aliphatic hydroxyl groups excluding tert-OH is 5. The molecule has 12 nitrogen and oxygen atoms in total. The molecule has 1 unspecified atom stereocenters. The Kier molecular flexibility index (Phi) is 9.51. The second kappa shape index (κ2) is 10.4. The molecule has 2 heterocycles. The number of aliphatic hydroxyl groups is 5. The zero-order valence-electron chi connectivity index (χ0n) is 14.8. The van der Waals surface area contributed by atoms with Gasteiger partial charge in [0.25, 0.3) is 0 Å². The van der Waals surface area contributed by atoms with E-state index >= 15 is 0 Å². The van der Waals surface area contributed by atoms with Crippen molar-refractivity contribution in [3.8, 4) is 0 Å². The van der Waals surface area contributed by atoms with Crippen molar-refractivity contribution in [1.29, 1.82) is 0 Å². The second-order valence-electron chi connectivity index (χ2n) is 6.18. The Hall–Kier alpha value is -0.380. The van der Waals surface area contributed by atoms with E-state index < -0.39 is 73.7 Å². The normalized spacial score (nSPS) is 42.1. The van der Waals surface area contributed by atoms with E-state index in [9.17, 15) is 40.2 Å². The number of nitrogens with one attached hydrogen (secondary N) is 1. The largest absolute Gasteiger partial charge is 1.00 e. The van der Waals surface area contributed by atoms with Crippen molar-refractivity contribution in [2.45, 2.75) is 68.6 Å². The standard InChI is InChI=1S/C14H23NO11.Na/c1-4(17)15-5-2-6(18)7(3-16)24-14(5)26-10-8(19)9(20)13(23)25-11(10)12(21)22;/h5-11,13-14,16,18-20,23H,2-3H2,1H3,(H,15,17)(H,21,22);/q;+1/p-1/t5-,6+,7-,8-,9-,10+,11+,13-,14?;/m1./s1. The van der Waals surface area contributed by atoms with Gasteiger partial charge in [-0.15, -0.1) is 0 Å². The van der Waals surface area contributed by atoms with Crippen LogP contribution in [0, 0.1) is 0 Å². The van der Waals surface area contributed by atoms with Gasteiger partial charge in [0.1, 0.15) is 30.5 Å². The van der Waals surface area contributed by atoms with Crippen LogP contribution in [0.25, 0.3) is 0 Å². The van der Waals surface area contributed by atoms with Gasteiger partial charge in [0.05, 0.1) is 24.7 Å². The molecule has 0 bridgehead atoms. The predicted molar refractivity (Wildman–Crippen MR) is 76.7 cm³/mol. The van der Waals surface area contributed by atoms with Gasteiger partial charge in [-0.1, -0.05) is 0 Å². The third kappa shape index (κ3) is 5.81. The molecule has 0 spiro atoms. The molecular weight excluding hydrogens is 381 g/mol. The molecule has 0 aromatic rings. The first kappa shape index (κ1) is 24.7. The summed E-state index contributed by atoms with van der Waals surface area (Å²) in [7, 11) is 0. The zero-order chi connectivity index (χ0) is 19.6. The van der Waals surface area contributed by atoms with Gasteiger partial charge in [-0.3, -0.25) is 4.79 Å². The van der Waals surface area contributed by atoms with Crippen molar-refractivity contribution in [2.75, 3.05) is 6.61 Å². The molecule has 2 aliphatic rings. The Morgan fingerprint density at radius 2 is 1.81 bits per heavy atom. The Morgan fingerprint density at radius 1 is 1.19 bits per heavy atom. The van der Waals surface area contributed by atoms with Gasteiger partial charge in [0.15, 0.2) is 12.6 Å². The van der Waals surface area contributed by atoms with Crippen molar-refractivity contribution in [2.24, 2.45) is 0 Å². The van der Waals surface area contributed by atoms with Gasteiger partial charge >= 0.3 is 29.6 Å². The SMILES string of the molecule is CC(=O)N[C@@H]1C[C@H](O)[C@@H](CO)OC1O[C@H]1[C@H](O)[C@@H](O)[C@H](O)O[C@@H]1C(=O)[O-].[Na+]. The van der Waals surface area contributed by atoms with Crippen molar-refractivity contribution in [3.63, 3.8) is 0 Å². The number of carboxylic acid groups (broad SMARTS) is 1. The Balaban J connectivity index is 0.00000364. The van der Waals surface area contributed by atoms with Gasteiger partial charge in [0.2, 0.25) is 5.91 Å². The van der Waals surface area contributed by atoms with E-state index in [2.05, 4.69) is 5.32 Å². The second-order valence-corrected chi connectivity index (χ2v) is 6.18. The minimum atomic E-state index is -1.97. The molecule has 9 atom stereocenters. The quantitative estimate of drug-likeness (QED) is 0.238. The van der Waals surface area contributed by atoms with Crippen LogP contribution >= 0.6 is 0 Å². The summed E-state index contributed by atoms with van der Waals surface area (Å²) in [5, 5.41) is 62.0. The van der Waals surface area contributed by atoms with Gasteiger partial charge < -0.3 is 55.0 Å². The van der Waals surface area contributed by atoms with Crippen molar-refractivity contribution in [1.82, 2.24) is 5.32 Å². The molecule has 6 N–H and O–H groups in total. The molecule has 27 heavy (non-hydrogen) atoms. The minimum absolute atomic E-state index is 0. The predicted octanol–water partition coefficient (Wildman–Crippen LogP) is -8.46. The Labute approximate surface area is 176 Å². The van der Waals surface area contributed by atoms with Crippen LogP contribution in [0.5, 0.6) is 0 Å². The topological polar surface area (TPSA) is 198 Å². The van der Waals surface area contributed by atoms with Crippen LogP contribution in [0.3, 0.4) is 0 Å². The average Bonchev–Trinajstić information content (AvgIpc) is 2.56. The number of hydrogen-bond donors (Lipinski definition) is 6. The molecule has 2 rings (SSSR count). The van der Waals surface area contributed by atoms with Crippen LogP contribution < -0.4 is 40.0 Å². The number of ether oxygens (including phenoxy) is 3. The molecule has 2 fully saturated rings. The van der Waals surface area contributed by atoms with Crippen LogP contribution in [0.2, 0.25) is 0 Å². The first-order valence-corrected chi connectivity index (χ1v) is 7.93. The number of aliphatic carboxylic acids is 1. The summed E-state index contributed by atoms with van der Waals surface area (Å²) in [6, 6.07) is -0.941. The molecule has 2 aliphatic heterocycles. The number of carbonyl (C=O) groups excluding carboxylic acids is 2. The average molecular weight is 403 g/mol. The monoisotopic (exact) mass is 403 g/mol. The fraction of sp³-hybridized carbons (Fsp3) is 0.857. The summed E-state index contributed by atoms with van der Waals surface area (Å²) in [5.41, 5.74) is 0. The van der Waals surface area contributed by atoms with Gasteiger partial charge in [-0.05, 0) is 0 Å². The number of rotatable bonds is 5. The van der Waals surface area contributed by atoms with Crippen molar-refractivity contribution >= 4 is 11.9 Å². The summed E-state index contributed by atoms with van der Waals surface area (Å²) in [6.07, 6.45) is -13.0. The van der Waals surface area contributed by atoms with E-state index in [-0.39, 0.29) is 36.0 Å². The van der Waals surface area contributed by atoms with Crippen LogP contribution in [0.4, 0.5) is 0 Å². The van der Waals surface area contributed by atoms with E-state index in [4.69, 9.17) is 14.2 Å². The maximum atomic E-state index is 11.3. The van der Waals surface area contributed by atoms with E-state index in [1.54, 1.807) is 0 Å². The third-order valence-electron chi connectivity index (χ3n) is 4.22. The molecule has 0 aromatic heterocycles. The third-order valence-corrected chi connectivity index (χ3v) is 4.22. The summed E-state index contributed by atoms with van der Waals surface area (Å²) in [5.74, 6) is -2.31. The van der Waals surface area contributed by atoms with Crippen LogP contribution in [-0.2, 0) is 23.8 Å². The molecule has 0 aromatic carbocycles. The van der Waals surface area contributed by atoms with Gasteiger partial charge in [0, 0.05) is 13.3 Å². The molecular formula is C14H22NNaO11. The smallest absolute Gasteiger partial charge is 0.547 e. The molecule has 1 amide bonds. The number of carbonyl (C=O) groups is 2. The van der Waals surface area contributed by atoms with Gasteiger partial charge in [-0.25, -0.2) is 0 Å². The summed E-state index contributed by atoms with van der Waals surface area (Å²) in [6.45, 7) is 0.618. The molecule has 150 valence electrons. The van der Waals surface area contributed by atoms with E-state index in [0.717, 1.165) is 0 Å². The maximum absolute atomic E-state index is 11.3. The summed E-state index contributed by atoms with van der Waals surface area (Å²) in [4.78, 5) is 22.6. The summed E-state index contributed by atoms with van der Waals surface area (Å²) >= 11 is 0. The number of amides is 1. The first-order valence-electron chi connectivity index (χ1n) is 7.93. The summed E-state index contributed by atoms with van der Waals surface area (Å²) < 4.78 is 15.4. The molecule has 0 aliphatic carbocycles. The van der Waals surface area contributed by atoms with Crippen LogP contribution in [0.15, 0.2) is 0 Å². The fourth-order valence-electron chi connectivity index (χ4n) is 2.91. The van der Waals surface area contributed by atoms with E-state index in [0.29, 0.717) is 0 Å². The van der Waals surface area contributed by atoms with Crippen molar-refractivity contribution in [3.05, 3.63) is 0 Å². The van der Waals surface area contributed by atoms with Gasteiger partial charge in [-0.2, -0.15) is 0 Å². The fourth-order valence-corrected chi connectivity index (χ4v) is 2.91. The van der Waals surface area contributed by atoms with Crippen molar-refractivity contribution < 1.29 is 84.0 Å².